The average Bonchev–Trinajstić information content (AvgIpc) is 2.88. The number of carbonyl (C=O) groups excluding carboxylic acids is 2. The minimum atomic E-state index is -0.760. The van der Waals surface area contributed by atoms with Crippen molar-refractivity contribution in [3.63, 3.8) is 0 Å². The van der Waals surface area contributed by atoms with Crippen LogP contribution < -0.4 is 5.32 Å². The van der Waals surface area contributed by atoms with E-state index in [1.165, 1.54) is 17.8 Å². The summed E-state index contributed by atoms with van der Waals surface area (Å²) in [6.45, 7) is 4.07. The molecule has 0 bridgehead atoms. The minimum Gasteiger partial charge on any atom is -0.352 e. The van der Waals surface area contributed by atoms with E-state index in [0.717, 1.165) is 12.0 Å². The Kier molecular flexibility index (Phi) is 11.3. The van der Waals surface area contributed by atoms with Gasteiger partial charge in [-0.3, -0.25) is 9.59 Å². The van der Waals surface area contributed by atoms with Gasteiger partial charge in [-0.15, -0.1) is 11.8 Å². The van der Waals surface area contributed by atoms with Gasteiger partial charge >= 0.3 is 0 Å². The maximum atomic E-state index is 14.1. The summed E-state index contributed by atoms with van der Waals surface area (Å²) in [5, 5.41) is 3.95. The molecule has 0 unspecified atom stereocenters. The second-order valence-electron chi connectivity index (χ2n) is 8.86. The molecule has 0 aromatic heterocycles. The Bertz CT molecular complexity index is 1200. The van der Waals surface area contributed by atoms with Crippen LogP contribution in [0.5, 0.6) is 0 Å². The van der Waals surface area contributed by atoms with Gasteiger partial charge in [0.2, 0.25) is 11.8 Å². The Balaban J connectivity index is 1.89. The third kappa shape index (κ3) is 8.77. The van der Waals surface area contributed by atoms with Gasteiger partial charge in [0.15, 0.2) is 0 Å². The van der Waals surface area contributed by atoms with E-state index in [4.69, 9.17) is 23.2 Å². The number of hydrogen-bond donors (Lipinski definition) is 1. The van der Waals surface area contributed by atoms with Crippen LogP contribution in [0.25, 0.3) is 0 Å². The summed E-state index contributed by atoms with van der Waals surface area (Å²) in [4.78, 5) is 28.7. The van der Waals surface area contributed by atoms with Crippen molar-refractivity contribution < 1.29 is 14.0 Å². The Morgan fingerprint density at radius 1 is 1.00 bits per heavy atom. The Morgan fingerprint density at radius 2 is 1.70 bits per heavy atom. The third-order valence-corrected chi connectivity index (χ3v) is 7.62. The lowest BCUT2D eigenvalue weighted by atomic mass is 10.0. The van der Waals surface area contributed by atoms with Crippen molar-refractivity contribution >= 4 is 46.8 Å². The smallest absolute Gasteiger partial charge is 0.243 e. The molecule has 0 fully saturated rings. The highest BCUT2D eigenvalue weighted by atomic mass is 35.5. The molecule has 3 rings (SSSR count). The molecule has 2 amide bonds. The highest BCUT2D eigenvalue weighted by molar-refractivity contribution is 7.99. The largest absolute Gasteiger partial charge is 0.352 e. The van der Waals surface area contributed by atoms with E-state index >= 15 is 0 Å². The van der Waals surface area contributed by atoms with E-state index in [9.17, 15) is 14.0 Å². The fraction of sp³-hybridized carbons (Fsp3) is 0.310. The molecule has 8 heteroatoms. The van der Waals surface area contributed by atoms with Crippen LogP contribution in [0.15, 0.2) is 72.8 Å². The van der Waals surface area contributed by atoms with Crippen LogP contribution >= 0.6 is 35.0 Å². The fourth-order valence-electron chi connectivity index (χ4n) is 3.78. The van der Waals surface area contributed by atoms with Crippen LogP contribution in [-0.2, 0) is 28.3 Å². The number of carbonyl (C=O) groups is 2. The number of rotatable bonds is 12. The van der Waals surface area contributed by atoms with Gasteiger partial charge in [0, 0.05) is 34.8 Å². The van der Waals surface area contributed by atoms with E-state index in [0.29, 0.717) is 33.3 Å². The van der Waals surface area contributed by atoms with Gasteiger partial charge in [0.25, 0.3) is 0 Å². The topological polar surface area (TPSA) is 49.4 Å². The predicted molar refractivity (Wildman–Crippen MR) is 151 cm³/mol. The van der Waals surface area contributed by atoms with Crippen molar-refractivity contribution in [3.05, 3.63) is 105 Å². The van der Waals surface area contributed by atoms with Crippen LogP contribution in [0.3, 0.4) is 0 Å². The highest BCUT2D eigenvalue weighted by Gasteiger charge is 2.31. The second-order valence-corrected chi connectivity index (χ2v) is 10.7. The zero-order valence-corrected chi connectivity index (χ0v) is 23.3. The van der Waals surface area contributed by atoms with Gasteiger partial charge in [0.1, 0.15) is 11.9 Å². The van der Waals surface area contributed by atoms with Gasteiger partial charge in [0.05, 0.1) is 5.75 Å². The van der Waals surface area contributed by atoms with Crippen molar-refractivity contribution in [1.82, 2.24) is 10.2 Å². The van der Waals surface area contributed by atoms with Gasteiger partial charge in [-0.25, -0.2) is 4.39 Å². The number of amides is 2. The fourth-order valence-corrected chi connectivity index (χ4v) is 5.14. The molecule has 0 saturated heterocycles. The molecule has 37 heavy (non-hydrogen) atoms. The summed E-state index contributed by atoms with van der Waals surface area (Å²) < 4.78 is 14.1. The monoisotopic (exact) mass is 560 g/mol. The van der Waals surface area contributed by atoms with Crippen LogP contribution in [0, 0.1) is 5.82 Å². The number of nitrogens with one attached hydrogen (secondary N) is 1. The molecule has 0 spiro atoms. The Morgan fingerprint density at radius 3 is 2.38 bits per heavy atom. The molecule has 0 radical (unpaired) electrons. The summed E-state index contributed by atoms with van der Waals surface area (Å²) in [6.07, 6.45) is 1.11. The molecule has 196 valence electrons. The van der Waals surface area contributed by atoms with Crippen molar-refractivity contribution in [2.45, 2.75) is 51.1 Å². The maximum absolute atomic E-state index is 14.1. The molecular weight excluding hydrogens is 530 g/mol. The first-order valence-electron chi connectivity index (χ1n) is 12.2. The van der Waals surface area contributed by atoms with Crippen LogP contribution in [-0.4, -0.2) is 34.6 Å². The number of hydrogen-bond acceptors (Lipinski definition) is 3. The molecule has 0 aliphatic rings. The number of halogens is 3. The van der Waals surface area contributed by atoms with E-state index in [-0.39, 0.29) is 36.0 Å². The standard InChI is InChI=1S/C29H31Cl2FN2O2S/c1-3-20(2)33-29(36)27(15-21-9-5-4-6-10-21)34(17-22-13-14-24(30)16-25(22)31)28(35)19-37-18-23-11-7-8-12-26(23)32/h4-14,16,20,27H,3,15,17-19H2,1-2H3,(H,33,36)/t20-,27-/m0/s1. The number of thioether (sulfide) groups is 1. The lowest BCUT2D eigenvalue weighted by Crippen LogP contribution is -2.52. The van der Waals surface area contributed by atoms with Gasteiger partial charge in [-0.1, -0.05) is 84.7 Å². The van der Waals surface area contributed by atoms with Crippen molar-refractivity contribution in [2.75, 3.05) is 5.75 Å². The zero-order valence-electron chi connectivity index (χ0n) is 20.9. The van der Waals surface area contributed by atoms with Crippen molar-refractivity contribution in [1.29, 1.82) is 0 Å². The van der Waals surface area contributed by atoms with Gasteiger partial charge < -0.3 is 10.2 Å². The summed E-state index contributed by atoms with van der Waals surface area (Å²) in [7, 11) is 0. The van der Waals surface area contributed by atoms with Crippen molar-refractivity contribution in [3.8, 4) is 0 Å². The summed E-state index contributed by atoms with van der Waals surface area (Å²) in [5.74, 6) is -0.330. The summed E-state index contributed by atoms with van der Waals surface area (Å²) in [5.41, 5.74) is 2.15. The van der Waals surface area contributed by atoms with Gasteiger partial charge in [-0.05, 0) is 48.2 Å². The molecule has 0 aliphatic heterocycles. The molecule has 0 heterocycles. The average molecular weight is 562 g/mol. The molecule has 1 N–H and O–H groups in total. The normalized spacial score (nSPS) is 12.6. The first-order chi connectivity index (χ1) is 17.8. The first-order valence-corrected chi connectivity index (χ1v) is 14.1. The minimum absolute atomic E-state index is 0.0442. The summed E-state index contributed by atoms with van der Waals surface area (Å²) >= 11 is 13.9. The van der Waals surface area contributed by atoms with Crippen molar-refractivity contribution in [2.24, 2.45) is 0 Å². The van der Waals surface area contributed by atoms with Gasteiger partial charge in [-0.2, -0.15) is 0 Å². The second kappa shape index (κ2) is 14.4. The lowest BCUT2D eigenvalue weighted by molar-refractivity contribution is -0.139. The molecule has 4 nitrogen and oxygen atoms in total. The SMILES string of the molecule is CC[C@H](C)NC(=O)[C@H](Cc1ccccc1)N(Cc1ccc(Cl)cc1Cl)C(=O)CSCc1ccccc1F. The first kappa shape index (κ1) is 29.0. The third-order valence-electron chi connectivity index (χ3n) is 6.07. The molecule has 0 saturated carbocycles. The number of nitrogens with zero attached hydrogens (tertiary/aromatic N) is 1. The van der Waals surface area contributed by atoms with Crippen LogP contribution in [0.1, 0.15) is 37.0 Å². The molecular formula is C29H31Cl2FN2O2S. The molecule has 3 aromatic carbocycles. The predicted octanol–water partition coefficient (Wildman–Crippen LogP) is 6.92. The van der Waals surface area contributed by atoms with E-state index in [2.05, 4.69) is 5.32 Å². The quantitative estimate of drug-likeness (QED) is 0.261. The molecule has 3 aromatic rings. The number of benzene rings is 3. The Labute approximate surface area is 232 Å². The molecule has 2 atom stereocenters. The maximum Gasteiger partial charge on any atom is 0.243 e. The highest BCUT2D eigenvalue weighted by Crippen LogP contribution is 2.25. The lowest BCUT2D eigenvalue weighted by Gasteiger charge is -2.32. The molecule has 0 aliphatic carbocycles. The Hall–Kier alpha value is -2.54. The summed E-state index contributed by atoms with van der Waals surface area (Å²) in [6, 6.07) is 20.4. The van der Waals surface area contributed by atoms with Crippen LogP contribution in [0.4, 0.5) is 4.39 Å². The van der Waals surface area contributed by atoms with E-state index in [1.807, 2.05) is 44.2 Å². The van der Waals surface area contributed by atoms with Crippen LogP contribution in [0.2, 0.25) is 10.0 Å². The van der Waals surface area contributed by atoms with E-state index < -0.39 is 6.04 Å². The zero-order chi connectivity index (χ0) is 26.8. The van der Waals surface area contributed by atoms with E-state index in [1.54, 1.807) is 41.3 Å².